The van der Waals surface area contributed by atoms with E-state index in [1.807, 2.05) is 0 Å². The number of rotatable bonds is 5. The lowest BCUT2D eigenvalue weighted by Gasteiger charge is -2.35. The first-order valence-corrected chi connectivity index (χ1v) is 10.4. The Morgan fingerprint density at radius 1 is 1.10 bits per heavy atom. The van der Waals surface area contributed by atoms with Crippen molar-refractivity contribution in [2.75, 3.05) is 26.2 Å². The van der Waals surface area contributed by atoms with Gasteiger partial charge in [0.15, 0.2) is 0 Å². The molecule has 1 aromatic carbocycles. The van der Waals surface area contributed by atoms with Crippen molar-refractivity contribution in [1.82, 2.24) is 24.5 Å². The number of sulfonamides is 1. The van der Waals surface area contributed by atoms with Crippen LogP contribution in [0.1, 0.15) is 17.4 Å². The number of benzene rings is 1. The van der Waals surface area contributed by atoms with Gasteiger partial charge in [-0.1, -0.05) is 12.1 Å². The third kappa shape index (κ3) is 4.74. The van der Waals surface area contributed by atoms with Crippen LogP contribution >= 0.6 is 0 Å². The number of carbonyl (C=O) groups excluding carboxylic acids is 2. The summed E-state index contributed by atoms with van der Waals surface area (Å²) < 4.78 is 40.7. The predicted molar refractivity (Wildman–Crippen MR) is 101 cm³/mol. The van der Waals surface area contributed by atoms with Gasteiger partial charge in [0.2, 0.25) is 15.9 Å². The number of amides is 2. The molecule has 0 bridgehead atoms. The summed E-state index contributed by atoms with van der Waals surface area (Å²) in [4.78, 5) is 35.3. The number of aromatic nitrogens is 2. The van der Waals surface area contributed by atoms with E-state index in [2.05, 4.69) is 14.7 Å². The molecule has 1 aliphatic heterocycles. The molecule has 0 aliphatic carbocycles. The van der Waals surface area contributed by atoms with E-state index in [9.17, 15) is 22.4 Å². The van der Waals surface area contributed by atoms with Crippen LogP contribution in [0.5, 0.6) is 0 Å². The zero-order valence-corrected chi connectivity index (χ0v) is 16.5. The van der Waals surface area contributed by atoms with Gasteiger partial charge >= 0.3 is 0 Å². The summed E-state index contributed by atoms with van der Waals surface area (Å²) in [5, 5.41) is 0. The van der Waals surface area contributed by atoms with Crippen molar-refractivity contribution in [3.63, 3.8) is 0 Å². The van der Waals surface area contributed by atoms with Crippen LogP contribution in [0.15, 0.2) is 47.8 Å². The molecular formula is C18H20FN5O4S. The van der Waals surface area contributed by atoms with Crippen LogP contribution < -0.4 is 4.72 Å². The maximum atomic E-state index is 13.8. The largest absolute Gasteiger partial charge is 0.338 e. The summed E-state index contributed by atoms with van der Waals surface area (Å²) in [6, 6.07) is 3.87. The standard InChI is InChI=1S/C18H20FN5O4S/c1-13(22-29(27,28)16-5-3-2-4-14(16)19)17(25)23-8-10-24(11-9-23)18(26)15-12-20-6-7-21-15/h2-7,12-13,22H,8-11H2,1H3/t13-/m0/s1. The van der Waals surface area contributed by atoms with Crippen molar-refractivity contribution in [2.45, 2.75) is 17.9 Å². The first-order chi connectivity index (χ1) is 13.8. The Balaban J connectivity index is 1.59. The molecule has 1 N–H and O–H groups in total. The van der Waals surface area contributed by atoms with Crippen LogP contribution in [-0.4, -0.2) is 72.2 Å². The monoisotopic (exact) mass is 421 g/mol. The maximum absolute atomic E-state index is 13.8. The third-order valence-corrected chi connectivity index (χ3v) is 6.06. The highest BCUT2D eigenvalue weighted by Crippen LogP contribution is 2.14. The molecule has 9 nitrogen and oxygen atoms in total. The minimum absolute atomic E-state index is 0.221. The summed E-state index contributed by atoms with van der Waals surface area (Å²) >= 11 is 0. The highest BCUT2D eigenvalue weighted by Gasteiger charge is 2.30. The van der Waals surface area contributed by atoms with E-state index in [4.69, 9.17) is 0 Å². The first-order valence-electron chi connectivity index (χ1n) is 8.90. The molecule has 2 amide bonds. The minimum Gasteiger partial charge on any atom is -0.338 e. The molecule has 0 spiro atoms. The zero-order chi connectivity index (χ0) is 21.0. The topological polar surface area (TPSA) is 113 Å². The van der Waals surface area contributed by atoms with Gasteiger partial charge in [-0.3, -0.25) is 14.6 Å². The molecule has 1 aliphatic rings. The quantitative estimate of drug-likeness (QED) is 0.742. The van der Waals surface area contributed by atoms with Gasteiger partial charge < -0.3 is 9.80 Å². The van der Waals surface area contributed by atoms with Crippen molar-refractivity contribution in [3.05, 3.63) is 54.4 Å². The summed E-state index contributed by atoms with van der Waals surface area (Å²) in [6.45, 7) is 2.47. The Bertz CT molecular complexity index is 994. The molecule has 1 aromatic heterocycles. The molecule has 154 valence electrons. The molecule has 2 aromatic rings. The Morgan fingerprint density at radius 2 is 1.76 bits per heavy atom. The number of hydrogen-bond acceptors (Lipinski definition) is 6. The van der Waals surface area contributed by atoms with E-state index >= 15 is 0 Å². The van der Waals surface area contributed by atoms with E-state index in [0.29, 0.717) is 0 Å². The van der Waals surface area contributed by atoms with Crippen molar-refractivity contribution >= 4 is 21.8 Å². The van der Waals surface area contributed by atoms with Crippen LogP contribution in [0.3, 0.4) is 0 Å². The molecule has 0 radical (unpaired) electrons. The van der Waals surface area contributed by atoms with Crippen molar-refractivity contribution < 1.29 is 22.4 Å². The summed E-state index contributed by atoms with van der Waals surface area (Å²) in [5.41, 5.74) is 0.221. The van der Waals surface area contributed by atoms with Crippen LogP contribution in [0, 0.1) is 5.82 Å². The van der Waals surface area contributed by atoms with Crippen molar-refractivity contribution in [3.8, 4) is 0 Å². The minimum atomic E-state index is -4.19. The lowest BCUT2D eigenvalue weighted by Crippen LogP contribution is -2.55. The van der Waals surface area contributed by atoms with E-state index in [0.717, 1.165) is 12.1 Å². The fourth-order valence-electron chi connectivity index (χ4n) is 2.98. The summed E-state index contributed by atoms with van der Waals surface area (Å²) in [5.74, 6) is -1.62. The molecule has 11 heteroatoms. The molecule has 1 saturated heterocycles. The molecule has 29 heavy (non-hydrogen) atoms. The fraction of sp³-hybridized carbons (Fsp3) is 0.333. The molecule has 1 fully saturated rings. The van der Waals surface area contributed by atoms with Gasteiger partial charge in [0.05, 0.1) is 12.2 Å². The van der Waals surface area contributed by atoms with Crippen molar-refractivity contribution in [1.29, 1.82) is 0 Å². The second-order valence-electron chi connectivity index (χ2n) is 6.48. The third-order valence-electron chi connectivity index (χ3n) is 4.49. The fourth-order valence-corrected chi connectivity index (χ4v) is 4.26. The Labute approximate surface area is 167 Å². The average Bonchev–Trinajstić information content (AvgIpc) is 2.73. The highest BCUT2D eigenvalue weighted by atomic mass is 32.2. The zero-order valence-electron chi connectivity index (χ0n) is 15.7. The number of nitrogens with zero attached hydrogens (tertiary/aromatic N) is 4. The SMILES string of the molecule is C[C@H](NS(=O)(=O)c1ccccc1F)C(=O)N1CCN(C(=O)c2cnccn2)CC1. The van der Waals surface area contributed by atoms with Crippen molar-refractivity contribution in [2.24, 2.45) is 0 Å². The number of nitrogens with one attached hydrogen (secondary N) is 1. The Morgan fingerprint density at radius 3 is 2.38 bits per heavy atom. The van der Waals surface area contributed by atoms with E-state index in [1.165, 1.54) is 42.5 Å². The number of hydrogen-bond donors (Lipinski definition) is 1. The van der Waals surface area contributed by atoms with Gasteiger partial charge in [-0.25, -0.2) is 17.8 Å². The molecular weight excluding hydrogens is 401 g/mol. The number of halogens is 1. The van der Waals surface area contributed by atoms with Crippen LogP contribution in [0.2, 0.25) is 0 Å². The van der Waals surface area contributed by atoms with Gasteiger partial charge in [-0.2, -0.15) is 4.72 Å². The van der Waals surface area contributed by atoms with Gasteiger partial charge in [0.1, 0.15) is 16.4 Å². The van der Waals surface area contributed by atoms with Gasteiger partial charge in [-0.15, -0.1) is 0 Å². The second kappa shape index (κ2) is 8.62. The highest BCUT2D eigenvalue weighted by molar-refractivity contribution is 7.89. The van der Waals surface area contributed by atoms with Crippen LogP contribution in [-0.2, 0) is 14.8 Å². The molecule has 0 unspecified atom stereocenters. The van der Waals surface area contributed by atoms with Gasteiger partial charge in [0, 0.05) is 38.6 Å². The van der Waals surface area contributed by atoms with Gasteiger partial charge in [0.25, 0.3) is 5.91 Å². The summed E-state index contributed by atoms with van der Waals surface area (Å²) in [7, 11) is -4.19. The maximum Gasteiger partial charge on any atom is 0.274 e. The lowest BCUT2D eigenvalue weighted by atomic mass is 10.2. The average molecular weight is 421 g/mol. The normalized spacial score (nSPS) is 15.8. The lowest BCUT2D eigenvalue weighted by molar-refractivity contribution is -0.134. The van der Waals surface area contributed by atoms with Crippen LogP contribution in [0.25, 0.3) is 0 Å². The molecule has 2 heterocycles. The smallest absolute Gasteiger partial charge is 0.274 e. The van der Waals surface area contributed by atoms with E-state index in [1.54, 1.807) is 4.90 Å². The molecule has 1 atom stereocenters. The second-order valence-corrected chi connectivity index (χ2v) is 8.16. The number of piperazine rings is 1. The number of carbonyl (C=O) groups is 2. The first kappa shape index (κ1) is 20.8. The van der Waals surface area contributed by atoms with Crippen LogP contribution in [0.4, 0.5) is 4.39 Å². The Kier molecular flexibility index (Phi) is 6.18. The summed E-state index contributed by atoms with van der Waals surface area (Å²) in [6.07, 6.45) is 4.27. The molecule has 0 saturated carbocycles. The Hall–Kier alpha value is -2.92. The van der Waals surface area contributed by atoms with E-state index < -0.39 is 32.7 Å². The van der Waals surface area contributed by atoms with Gasteiger partial charge in [-0.05, 0) is 19.1 Å². The predicted octanol–water partition coefficient (Wildman–Crippen LogP) is 0.267. The van der Waals surface area contributed by atoms with E-state index in [-0.39, 0.29) is 37.8 Å². The molecule has 3 rings (SSSR count).